The van der Waals surface area contributed by atoms with Gasteiger partial charge in [-0.1, -0.05) is 6.07 Å². The van der Waals surface area contributed by atoms with Gasteiger partial charge in [0, 0.05) is 6.54 Å². The molecule has 0 saturated heterocycles. The van der Waals surface area contributed by atoms with E-state index in [1.807, 2.05) is 12.1 Å². The van der Waals surface area contributed by atoms with Crippen molar-refractivity contribution in [1.82, 2.24) is 5.32 Å². The van der Waals surface area contributed by atoms with Crippen molar-refractivity contribution >= 4 is 11.9 Å². The summed E-state index contributed by atoms with van der Waals surface area (Å²) in [6.07, 6.45) is 0.198. The van der Waals surface area contributed by atoms with Gasteiger partial charge in [-0.3, -0.25) is 4.79 Å². The van der Waals surface area contributed by atoms with E-state index in [2.05, 4.69) is 5.32 Å². The summed E-state index contributed by atoms with van der Waals surface area (Å²) in [5.41, 5.74) is 0.553. The fraction of sp³-hybridized carbons (Fsp3) is 0.231. The van der Waals surface area contributed by atoms with Crippen molar-refractivity contribution in [2.75, 3.05) is 13.2 Å². The normalized spacial score (nSPS) is 8.95. The number of nitrogens with zero attached hydrogens (tertiary/aromatic N) is 2. The Morgan fingerprint density at radius 1 is 1.32 bits per heavy atom. The summed E-state index contributed by atoms with van der Waals surface area (Å²) >= 11 is 0. The highest BCUT2D eigenvalue weighted by Crippen LogP contribution is 2.05. The van der Waals surface area contributed by atoms with E-state index in [4.69, 9.17) is 15.3 Å². The first kappa shape index (κ1) is 14.2. The van der Waals surface area contributed by atoms with Gasteiger partial charge >= 0.3 is 5.97 Å². The summed E-state index contributed by atoms with van der Waals surface area (Å²) in [6, 6.07) is 9.78. The van der Waals surface area contributed by atoms with Gasteiger partial charge in [0.25, 0.3) is 5.91 Å². The van der Waals surface area contributed by atoms with E-state index < -0.39 is 18.5 Å². The average molecular weight is 257 g/mol. The molecular formula is C13H11N3O3. The van der Waals surface area contributed by atoms with Crippen LogP contribution in [0.4, 0.5) is 0 Å². The number of carbonyl (C=O) groups excluding carboxylic acids is 2. The van der Waals surface area contributed by atoms with E-state index >= 15 is 0 Å². The SMILES string of the molecule is N#CCCNC(=O)COC(=O)c1cccc(C#N)c1. The fourth-order valence-corrected chi connectivity index (χ4v) is 1.24. The average Bonchev–Trinajstić information content (AvgIpc) is 2.45. The smallest absolute Gasteiger partial charge is 0.338 e. The van der Waals surface area contributed by atoms with Crippen molar-refractivity contribution in [1.29, 1.82) is 10.5 Å². The molecule has 1 aromatic carbocycles. The Hall–Kier alpha value is -2.86. The van der Waals surface area contributed by atoms with Gasteiger partial charge in [-0.25, -0.2) is 4.79 Å². The molecule has 0 aromatic heterocycles. The highest BCUT2D eigenvalue weighted by Gasteiger charge is 2.10. The Bertz CT molecular complexity index is 555. The second kappa shape index (κ2) is 7.46. The van der Waals surface area contributed by atoms with E-state index in [1.165, 1.54) is 12.1 Å². The molecule has 0 spiro atoms. The van der Waals surface area contributed by atoms with Crippen LogP contribution in [-0.4, -0.2) is 25.0 Å². The molecule has 1 rings (SSSR count). The quantitative estimate of drug-likeness (QED) is 0.619. The predicted molar refractivity (Wildman–Crippen MR) is 64.7 cm³/mol. The van der Waals surface area contributed by atoms with Crippen molar-refractivity contribution < 1.29 is 14.3 Å². The number of carbonyl (C=O) groups is 2. The van der Waals surface area contributed by atoms with Crippen LogP contribution in [0, 0.1) is 22.7 Å². The molecule has 1 aromatic rings. The minimum Gasteiger partial charge on any atom is -0.452 e. The molecule has 0 aliphatic carbocycles. The molecule has 0 aliphatic rings. The molecule has 1 N–H and O–H groups in total. The number of ether oxygens (including phenoxy) is 1. The molecule has 96 valence electrons. The molecule has 0 fully saturated rings. The van der Waals surface area contributed by atoms with Gasteiger partial charge in [-0.2, -0.15) is 10.5 Å². The van der Waals surface area contributed by atoms with Gasteiger partial charge < -0.3 is 10.1 Å². The molecule has 6 heteroatoms. The van der Waals surface area contributed by atoms with Crippen LogP contribution in [0.1, 0.15) is 22.3 Å². The third-order valence-corrected chi connectivity index (χ3v) is 2.12. The minimum atomic E-state index is -0.674. The molecule has 0 heterocycles. The lowest BCUT2D eigenvalue weighted by atomic mass is 10.1. The summed E-state index contributed by atoms with van der Waals surface area (Å²) < 4.78 is 4.78. The fourth-order valence-electron chi connectivity index (χ4n) is 1.24. The van der Waals surface area contributed by atoms with Gasteiger partial charge in [0.15, 0.2) is 6.61 Å². The standard InChI is InChI=1S/C13H11N3O3/c14-5-2-6-16-12(17)9-19-13(18)11-4-1-3-10(7-11)8-15/h1,3-4,7H,2,6,9H2,(H,16,17). The maximum Gasteiger partial charge on any atom is 0.338 e. The third kappa shape index (κ3) is 4.88. The number of esters is 1. The summed E-state index contributed by atoms with van der Waals surface area (Å²) in [5, 5.41) is 19.4. The Balaban J connectivity index is 2.45. The molecule has 19 heavy (non-hydrogen) atoms. The maximum atomic E-state index is 11.6. The van der Waals surface area contributed by atoms with Crippen molar-refractivity contribution in [2.45, 2.75) is 6.42 Å². The van der Waals surface area contributed by atoms with Crippen molar-refractivity contribution in [2.24, 2.45) is 0 Å². The highest BCUT2D eigenvalue weighted by molar-refractivity contribution is 5.91. The second-order valence-corrected chi connectivity index (χ2v) is 3.53. The minimum absolute atomic E-state index is 0.198. The van der Waals surface area contributed by atoms with E-state index in [0.29, 0.717) is 5.56 Å². The van der Waals surface area contributed by atoms with Gasteiger partial charge in [-0.05, 0) is 18.2 Å². The number of nitriles is 2. The summed E-state index contributed by atoms with van der Waals surface area (Å²) in [6.45, 7) is -0.197. The molecule has 0 aliphatic heterocycles. The van der Waals surface area contributed by atoms with Crippen molar-refractivity contribution in [3.63, 3.8) is 0 Å². The van der Waals surface area contributed by atoms with Gasteiger partial charge in [0.05, 0.1) is 29.7 Å². The zero-order chi connectivity index (χ0) is 14.1. The van der Waals surface area contributed by atoms with Crippen LogP contribution in [0.25, 0.3) is 0 Å². The monoisotopic (exact) mass is 257 g/mol. The number of benzene rings is 1. The predicted octanol–water partition coefficient (Wildman–Crippen LogP) is 0.745. The lowest BCUT2D eigenvalue weighted by Crippen LogP contribution is -2.29. The number of amides is 1. The Labute approximate surface area is 110 Å². The third-order valence-electron chi connectivity index (χ3n) is 2.12. The second-order valence-electron chi connectivity index (χ2n) is 3.53. The largest absolute Gasteiger partial charge is 0.452 e. The van der Waals surface area contributed by atoms with Crippen molar-refractivity contribution in [3.05, 3.63) is 35.4 Å². The maximum absolute atomic E-state index is 11.6. The molecule has 0 unspecified atom stereocenters. The first-order valence-corrected chi connectivity index (χ1v) is 5.48. The van der Waals surface area contributed by atoms with E-state index in [0.717, 1.165) is 0 Å². The first-order chi connectivity index (χ1) is 9.17. The molecule has 0 atom stereocenters. The summed E-state index contributed by atoms with van der Waals surface area (Å²) in [5.74, 6) is -1.15. The lowest BCUT2D eigenvalue weighted by Gasteiger charge is -2.05. The van der Waals surface area contributed by atoms with Crippen LogP contribution in [0.2, 0.25) is 0 Å². The van der Waals surface area contributed by atoms with Crippen LogP contribution in [0.5, 0.6) is 0 Å². The van der Waals surface area contributed by atoms with Crippen LogP contribution < -0.4 is 5.32 Å². The van der Waals surface area contributed by atoms with Gasteiger partial charge in [0.1, 0.15) is 0 Å². The van der Waals surface area contributed by atoms with Crippen LogP contribution >= 0.6 is 0 Å². The van der Waals surface area contributed by atoms with E-state index in [1.54, 1.807) is 12.1 Å². The zero-order valence-corrected chi connectivity index (χ0v) is 10.0. The highest BCUT2D eigenvalue weighted by atomic mass is 16.5. The molecule has 0 bridgehead atoms. The van der Waals surface area contributed by atoms with Crippen LogP contribution in [0.15, 0.2) is 24.3 Å². The molecule has 6 nitrogen and oxygen atoms in total. The molecule has 0 radical (unpaired) electrons. The number of nitrogens with one attached hydrogen (secondary N) is 1. The number of hydrogen-bond donors (Lipinski definition) is 1. The number of rotatable bonds is 5. The topological polar surface area (TPSA) is 103 Å². The van der Waals surface area contributed by atoms with Gasteiger partial charge in [0.2, 0.25) is 0 Å². The van der Waals surface area contributed by atoms with Crippen LogP contribution in [-0.2, 0) is 9.53 Å². The molecule has 0 saturated carbocycles. The Kier molecular flexibility index (Phi) is 5.58. The Morgan fingerprint density at radius 3 is 2.79 bits per heavy atom. The molecular weight excluding hydrogens is 246 g/mol. The summed E-state index contributed by atoms with van der Waals surface area (Å²) in [4.78, 5) is 22.8. The van der Waals surface area contributed by atoms with E-state index in [9.17, 15) is 9.59 Å². The van der Waals surface area contributed by atoms with Crippen LogP contribution in [0.3, 0.4) is 0 Å². The summed E-state index contributed by atoms with van der Waals surface area (Å²) in [7, 11) is 0. The number of hydrogen-bond acceptors (Lipinski definition) is 5. The zero-order valence-electron chi connectivity index (χ0n) is 10.0. The van der Waals surface area contributed by atoms with Gasteiger partial charge in [-0.15, -0.1) is 0 Å². The Morgan fingerprint density at radius 2 is 2.11 bits per heavy atom. The van der Waals surface area contributed by atoms with E-state index in [-0.39, 0.29) is 18.5 Å². The lowest BCUT2D eigenvalue weighted by molar-refractivity contribution is -0.124. The van der Waals surface area contributed by atoms with Crippen molar-refractivity contribution in [3.8, 4) is 12.1 Å². The molecule has 1 amide bonds. The first-order valence-electron chi connectivity index (χ1n) is 5.48.